The fourth-order valence-electron chi connectivity index (χ4n) is 2.45. The molecule has 1 aliphatic rings. The Morgan fingerprint density at radius 1 is 1.28 bits per heavy atom. The Hall–Kier alpha value is -1.62. The van der Waals surface area contributed by atoms with Gasteiger partial charge in [0.15, 0.2) is 0 Å². The van der Waals surface area contributed by atoms with E-state index in [-0.39, 0.29) is 12.0 Å². The predicted octanol–water partition coefficient (Wildman–Crippen LogP) is 2.66. The van der Waals surface area contributed by atoms with Crippen molar-refractivity contribution in [1.82, 2.24) is 10.1 Å². The maximum Gasteiger partial charge on any atom is 0.230 e. The number of aliphatic hydroxyl groups excluding tert-OH is 1. The van der Waals surface area contributed by atoms with E-state index in [0.717, 1.165) is 37.0 Å². The van der Waals surface area contributed by atoms with Crippen molar-refractivity contribution < 1.29 is 14.0 Å². The normalized spacial score (nSPS) is 24.3. The number of aliphatic hydroxyl groups is 1. The van der Waals surface area contributed by atoms with E-state index in [2.05, 4.69) is 10.1 Å². The highest BCUT2D eigenvalue weighted by atomic mass is 16.5. The fraction of sp³-hybridized carbons (Fsp3) is 0.538. The summed E-state index contributed by atoms with van der Waals surface area (Å²) in [6, 6.07) is 1.84. The molecule has 5 nitrogen and oxygen atoms in total. The van der Waals surface area contributed by atoms with Crippen LogP contribution in [0.2, 0.25) is 0 Å². The molecule has 1 N–H and O–H groups in total. The summed E-state index contributed by atoms with van der Waals surface area (Å²) in [7, 11) is 0. The summed E-state index contributed by atoms with van der Waals surface area (Å²) in [5, 5.41) is 13.5. The molecule has 0 aliphatic heterocycles. The monoisotopic (exact) mass is 248 g/mol. The van der Waals surface area contributed by atoms with Crippen LogP contribution in [-0.2, 0) is 0 Å². The van der Waals surface area contributed by atoms with Gasteiger partial charge in [0.25, 0.3) is 0 Å². The Bertz CT molecular complexity index is 524. The molecule has 3 rings (SSSR count). The zero-order chi connectivity index (χ0) is 12.5. The fourth-order valence-corrected chi connectivity index (χ4v) is 2.45. The minimum absolute atomic E-state index is 0.167. The molecule has 1 fully saturated rings. The summed E-state index contributed by atoms with van der Waals surface area (Å²) in [5.74, 6) is 2.34. The standard InChI is InChI=1S/C13H16N2O3/c1-8-11(6-7-17-8)12-14-13(18-15-12)9-2-4-10(16)5-3-9/h6-7,9-10,16H,2-5H2,1H3. The molecule has 0 unspecified atom stereocenters. The third-order valence-electron chi connectivity index (χ3n) is 3.59. The van der Waals surface area contributed by atoms with Crippen molar-refractivity contribution in [2.24, 2.45) is 0 Å². The maximum atomic E-state index is 9.49. The second-order valence-corrected chi connectivity index (χ2v) is 4.85. The molecule has 1 aliphatic carbocycles. The summed E-state index contributed by atoms with van der Waals surface area (Å²) in [4.78, 5) is 4.44. The number of hydrogen-bond donors (Lipinski definition) is 1. The SMILES string of the molecule is Cc1occc1-c1noc(C2CCC(O)CC2)n1. The van der Waals surface area contributed by atoms with Crippen molar-refractivity contribution in [3.63, 3.8) is 0 Å². The van der Waals surface area contributed by atoms with E-state index in [9.17, 15) is 5.11 Å². The largest absolute Gasteiger partial charge is 0.469 e. The van der Waals surface area contributed by atoms with Gasteiger partial charge in [-0.05, 0) is 38.7 Å². The summed E-state index contributed by atoms with van der Waals surface area (Å²) in [6.45, 7) is 1.88. The Morgan fingerprint density at radius 2 is 2.06 bits per heavy atom. The van der Waals surface area contributed by atoms with Crippen LogP contribution < -0.4 is 0 Å². The molecule has 0 atom stereocenters. The van der Waals surface area contributed by atoms with Gasteiger partial charge in [-0.25, -0.2) is 0 Å². The number of rotatable bonds is 2. The molecular weight excluding hydrogens is 232 g/mol. The Morgan fingerprint density at radius 3 is 2.72 bits per heavy atom. The average Bonchev–Trinajstić information content (AvgIpc) is 2.98. The van der Waals surface area contributed by atoms with Gasteiger partial charge in [-0.15, -0.1) is 0 Å². The maximum absolute atomic E-state index is 9.49. The molecule has 0 aromatic carbocycles. The quantitative estimate of drug-likeness (QED) is 0.884. The van der Waals surface area contributed by atoms with Crippen LogP contribution in [0, 0.1) is 6.92 Å². The zero-order valence-electron chi connectivity index (χ0n) is 10.3. The second-order valence-electron chi connectivity index (χ2n) is 4.85. The summed E-state index contributed by atoms with van der Waals surface area (Å²) < 4.78 is 10.6. The molecule has 0 amide bonds. The first kappa shape index (κ1) is 11.5. The van der Waals surface area contributed by atoms with E-state index >= 15 is 0 Å². The van der Waals surface area contributed by atoms with Gasteiger partial charge < -0.3 is 14.0 Å². The van der Waals surface area contributed by atoms with Gasteiger partial charge >= 0.3 is 0 Å². The molecule has 96 valence electrons. The van der Waals surface area contributed by atoms with Gasteiger partial charge in [0, 0.05) is 5.92 Å². The van der Waals surface area contributed by atoms with Crippen molar-refractivity contribution >= 4 is 0 Å². The molecule has 2 aromatic heterocycles. The van der Waals surface area contributed by atoms with Crippen molar-refractivity contribution in [3.05, 3.63) is 24.0 Å². The van der Waals surface area contributed by atoms with Crippen LogP contribution in [0.25, 0.3) is 11.4 Å². The number of aryl methyl sites for hydroxylation is 1. The van der Waals surface area contributed by atoms with Crippen LogP contribution in [0.3, 0.4) is 0 Å². The second kappa shape index (κ2) is 4.57. The van der Waals surface area contributed by atoms with Gasteiger partial charge in [0.2, 0.25) is 11.7 Å². The smallest absolute Gasteiger partial charge is 0.230 e. The number of hydrogen-bond acceptors (Lipinski definition) is 5. The van der Waals surface area contributed by atoms with Crippen LogP contribution in [0.15, 0.2) is 21.3 Å². The first-order chi connectivity index (χ1) is 8.74. The molecule has 5 heteroatoms. The highest BCUT2D eigenvalue weighted by Gasteiger charge is 2.26. The Balaban J connectivity index is 1.80. The molecule has 0 spiro atoms. The van der Waals surface area contributed by atoms with Crippen LogP contribution in [0.5, 0.6) is 0 Å². The van der Waals surface area contributed by atoms with E-state index < -0.39 is 0 Å². The lowest BCUT2D eigenvalue weighted by Crippen LogP contribution is -2.17. The summed E-state index contributed by atoms with van der Waals surface area (Å²) >= 11 is 0. The van der Waals surface area contributed by atoms with Crippen molar-refractivity contribution in [2.45, 2.75) is 44.6 Å². The lowest BCUT2D eigenvalue weighted by atomic mass is 9.87. The van der Waals surface area contributed by atoms with Crippen molar-refractivity contribution in [1.29, 1.82) is 0 Å². The van der Waals surface area contributed by atoms with Crippen LogP contribution in [0.4, 0.5) is 0 Å². The molecular formula is C13H16N2O3. The van der Waals surface area contributed by atoms with Crippen LogP contribution in [0.1, 0.15) is 43.3 Å². The molecule has 0 radical (unpaired) electrons. The predicted molar refractivity (Wildman–Crippen MR) is 64.0 cm³/mol. The highest BCUT2D eigenvalue weighted by Crippen LogP contribution is 2.33. The van der Waals surface area contributed by atoms with Gasteiger partial charge in [-0.1, -0.05) is 5.16 Å². The minimum atomic E-state index is -0.167. The first-order valence-corrected chi connectivity index (χ1v) is 6.30. The van der Waals surface area contributed by atoms with E-state index in [0.29, 0.717) is 11.7 Å². The molecule has 18 heavy (non-hydrogen) atoms. The zero-order valence-corrected chi connectivity index (χ0v) is 10.3. The number of furan rings is 1. The average molecular weight is 248 g/mol. The third-order valence-corrected chi connectivity index (χ3v) is 3.59. The van der Waals surface area contributed by atoms with E-state index in [1.807, 2.05) is 13.0 Å². The molecule has 0 bridgehead atoms. The first-order valence-electron chi connectivity index (χ1n) is 6.30. The summed E-state index contributed by atoms with van der Waals surface area (Å²) in [5.41, 5.74) is 0.876. The van der Waals surface area contributed by atoms with Gasteiger partial charge in [0.05, 0.1) is 17.9 Å². The third kappa shape index (κ3) is 2.06. The lowest BCUT2D eigenvalue weighted by molar-refractivity contribution is 0.116. The summed E-state index contributed by atoms with van der Waals surface area (Å²) in [6.07, 6.45) is 4.90. The van der Waals surface area contributed by atoms with E-state index in [1.54, 1.807) is 6.26 Å². The molecule has 2 aromatic rings. The number of nitrogens with zero attached hydrogens (tertiary/aromatic N) is 2. The van der Waals surface area contributed by atoms with Gasteiger partial charge in [0.1, 0.15) is 5.76 Å². The topological polar surface area (TPSA) is 72.3 Å². The van der Waals surface area contributed by atoms with Crippen LogP contribution >= 0.6 is 0 Å². The molecule has 1 saturated carbocycles. The number of aromatic nitrogens is 2. The minimum Gasteiger partial charge on any atom is -0.469 e. The Kier molecular flexibility index (Phi) is 2.91. The van der Waals surface area contributed by atoms with Crippen LogP contribution in [-0.4, -0.2) is 21.4 Å². The molecule has 2 heterocycles. The van der Waals surface area contributed by atoms with Gasteiger partial charge in [-0.2, -0.15) is 4.98 Å². The highest BCUT2D eigenvalue weighted by molar-refractivity contribution is 5.56. The lowest BCUT2D eigenvalue weighted by Gasteiger charge is -2.22. The van der Waals surface area contributed by atoms with Crippen molar-refractivity contribution in [3.8, 4) is 11.4 Å². The Labute approximate surface area is 105 Å². The molecule has 0 saturated heterocycles. The van der Waals surface area contributed by atoms with Crippen molar-refractivity contribution in [2.75, 3.05) is 0 Å². The van der Waals surface area contributed by atoms with E-state index in [4.69, 9.17) is 8.94 Å². The van der Waals surface area contributed by atoms with Gasteiger partial charge in [-0.3, -0.25) is 0 Å². The van der Waals surface area contributed by atoms with E-state index in [1.165, 1.54) is 0 Å².